The standard InChI is InChI=1S/C17H15N3O2/c1-11-5-6-12-3-2-4-14(16(12)19-11)17(21)20-8-7-15-13(10-20)9-18-22-15/h2-6,9H,7-8,10H2,1H3. The summed E-state index contributed by atoms with van der Waals surface area (Å²) in [4.78, 5) is 19.3. The van der Waals surface area contributed by atoms with Gasteiger partial charge in [-0.05, 0) is 19.1 Å². The van der Waals surface area contributed by atoms with Crippen molar-refractivity contribution >= 4 is 16.8 Å². The number of amides is 1. The third kappa shape index (κ3) is 2.06. The summed E-state index contributed by atoms with van der Waals surface area (Å²) in [6.45, 7) is 3.12. The minimum atomic E-state index is 0.00977. The number of pyridine rings is 1. The highest BCUT2D eigenvalue weighted by Crippen LogP contribution is 2.23. The molecule has 1 aliphatic rings. The van der Waals surface area contributed by atoms with Crippen LogP contribution in [0.2, 0.25) is 0 Å². The Labute approximate surface area is 127 Å². The van der Waals surface area contributed by atoms with Crippen LogP contribution in [-0.2, 0) is 13.0 Å². The zero-order valence-corrected chi connectivity index (χ0v) is 12.2. The van der Waals surface area contributed by atoms with Crippen LogP contribution in [0.5, 0.6) is 0 Å². The predicted octanol–water partition coefficient (Wildman–Crippen LogP) is 2.73. The Bertz CT molecular complexity index is 869. The Hall–Kier alpha value is -2.69. The molecule has 5 nitrogen and oxygen atoms in total. The van der Waals surface area contributed by atoms with Crippen LogP contribution in [0, 0.1) is 6.92 Å². The lowest BCUT2D eigenvalue weighted by Gasteiger charge is -2.26. The molecule has 3 aromatic rings. The molecule has 1 amide bonds. The SMILES string of the molecule is Cc1ccc2cccc(C(=O)N3CCc4oncc4C3)c2n1. The molecule has 0 N–H and O–H groups in total. The maximum absolute atomic E-state index is 12.9. The summed E-state index contributed by atoms with van der Waals surface area (Å²) in [5, 5.41) is 4.79. The maximum Gasteiger partial charge on any atom is 0.256 e. The lowest BCUT2D eigenvalue weighted by molar-refractivity contribution is 0.0730. The van der Waals surface area contributed by atoms with Gasteiger partial charge in [0.2, 0.25) is 0 Å². The highest BCUT2D eigenvalue weighted by molar-refractivity contribution is 6.05. The highest BCUT2D eigenvalue weighted by Gasteiger charge is 2.25. The van der Waals surface area contributed by atoms with E-state index in [2.05, 4.69) is 10.1 Å². The van der Waals surface area contributed by atoms with E-state index in [9.17, 15) is 4.79 Å². The molecule has 110 valence electrons. The summed E-state index contributed by atoms with van der Waals surface area (Å²) < 4.78 is 5.18. The third-order valence-electron chi connectivity index (χ3n) is 4.08. The predicted molar refractivity (Wildman–Crippen MR) is 81.4 cm³/mol. The van der Waals surface area contributed by atoms with Crippen molar-refractivity contribution in [3.8, 4) is 0 Å². The van der Waals surface area contributed by atoms with Gasteiger partial charge in [0.1, 0.15) is 5.76 Å². The molecular formula is C17H15N3O2. The van der Waals surface area contributed by atoms with Crippen molar-refractivity contribution < 1.29 is 9.32 Å². The molecule has 4 rings (SSSR count). The van der Waals surface area contributed by atoms with Gasteiger partial charge in [-0.2, -0.15) is 0 Å². The zero-order valence-electron chi connectivity index (χ0n) is 12.2. The van der Waals surface area contributed by atoms with Gasteiger partial charge in [-0.15, -0.1) is 0 Å². The smallest absolute Gasteiger partial charge is 0.256 e. The van der Waals surface area contributed by atoms with E-state index in [0.29, 0.717) is 25.1 Å². The summed E-state index contributed by atoms with van der Waals surface area (Å²) in [7, 11) is 0. The Morgan fingerprint density at radius 3 is 3.09 bits per heavy atom. The number of carbonyl (C=O) groups excluding carboxylic acids is 1. The van der Waals surface area contributed by atoms with E-state index in [1.54, 1.807) is 6.20 Å². The second-order valence-electron chi connectivity index (χ2n) is 5.58. The lowest BCUT2D eigenvalue weighted by Crippen LogP contribution is -2.35. The number of aryl methyl sites for hydroxylation is 1. The fourth-order valence-electron chi connectivity index (χ4n) is 2.90. The minimum Gasteiger partial charge on any atom is -0.361 e. The van der Waals surface area contributed by atoms with Crippen LogP contribution >= 0.6 is 0 Å². The van der Waals surface area contributed by atoms with Gasteiger partial charge in [-0.1, -0.05) is 23.4 Å². The fraction of sp³-hybridized carbons (Fsp3) is 0.235. The molecule has 0 saturated heterocycles. The van der Waals surface area contributed by atoms with Gasteiger partial charge in [0, 0.05) is 29.6 Å². The van der Waals surface area contributed by atoms with Crippen molar-refractivity contribution in [3.63, 3.8) is 0 Å². The highest BCUT2D eigenvalue weighted by atomic mass is 16.5. The van der Waals surface area contributed by atoms with E-state index >= 15 is 0 Å². The largest absolute Gasteiger partial charge is 0.361 e. The van der Waals surface area contributed by atoms with E-state index in [4.69, 9.17) is 4.52 Å². The van der Waals surface area contributed by atoms with Crippen molar-refractivity contribution in [1.82, 2.24) is 15.0 Å². The molecular weight excluding hydrogens is 278 g/mol. The molecule has 2 aromatic heterocycles. The minimum absolute atomic E-state index is 0.00977. The Kier molecular flexibility index (Phi) is 2.92. The fourth-order valence-corrected chi connectivity index (χ4v) is 2.90. The van der Waals surface area contributed by atoms with Crippen LogP contribution in [-0.4, -0.2) is 27.5 Å². The van der Waals surface area contributed by atoms with E-state index in [1.807, 2.05) is 42.2 Å². The summed E-state index contributed by atoms with van der Waals surface area (Å²) in [5.41, 5.74) is 3.32. The zero-order chi connectivity index (χ0) is 15.1. The molecule has 1 aromatic carbocycles. The van der Waals surface area contributed by atoms with Gasteiger partial charge in [0.15, 0.2) is 0 Å². The molecule has 3 heterocycles. The normalized spacial score (nSPS) is 14.1. The van der Waals surface area contributed by atoms with Crippen molar-refractivity contribution in [2.24, 2.45) is 0 Å². The van der Waals surface area contributed by atoms with Crippen LogP contribution in [0.3, 0.4) is 0 Å². The van der Waals surface area contributed by atoms with Crippen LogP contribution < -0.4 is 0 Å². The van der Waals surface area contributed by atoms with Crippen molar-refractivity contribution in [2.45, 2.75) is 19.9 Å². The van der Waals surface area contributed by atoms with Crippen LogP contribution in [0.4, 0.5) is 0 Å². The molecule has 0 fully saturated rings. The van der Waals surface area contributed by atoms with Gasteiger partial charge in [-0.3, -0.25) is 9.78 Å². The topological polar surface area (TPSA) is 59.2 Å². The van der Waals surface area contributed by atoms with Gasteiger partial charge in [0.25, 0.3) is 5.91 Å². The molecule has 1 aliphatic heterocycles. The molecule has 0 atom stereocenters. The van der Waals surface area contributed by atoms with Crippen molar-refractivity contribution in [3.05, 3.63) is 59.1 Å². The number of carbonyl (C=O) groups is 1. The number of para-hydroxylation sites is 1. The molecule has 5 heteroatoms. The number of fused-ring (bicyclic) bond motifs is 2. The summed E-state index contributed by atoms with van der Waals surface area (Å²) >= 11 is 0. The number of hydrogen-bond acceptors (Lipinski definition) is 4. The molecule has 0 spiro atoms. The number of rotatable bonds is 1. The average Bonchev–Trinajstić information content (AvgIpc) is 3.01. The third-order valence-corrected chi connectivity index (χ3v) is 4.08. The first-order valence-electron chi connectivity index (χ1n) is 7.30. The second kappa shape index (κ2) is 4.94. The molecule has 0 aliphatic carbocycles. The maximum atomic E-state index is 12.9. The Morgan fingerprint density at radius 1 is 1.27 bits per heavy atom. The lowest BCUT2D eigenvalue weighted by atomic mass is 10.1. The van der Waals surface area contributed by atoms with Gasteiger partial charge >= 0.3 is 0 Å². The van der Waals surface area contributed by atoms with Gasteiger partial charge in [0.05, 0.1) is 23.8 Å². The first-order valence-corrected chi connectivity index (χ1v) is 7.30. The Morgan fingerprint density at radius 2 is 2.18 bits per heavy atom. The molecule has 0 bridgehead atoms. The summed E-state index contributed by atoms with van der Waals surface area (Å²) in [5.74, 6) is 0.895. The van der Waals surface area contributed by atoms with Gasteiger partial charge in [-0.25, -0.2) is 0 Å². The number of benzene rings is 1. The summed E-state index contributed by atoms with van der Waals surface area (Å²) in [6.07, 6.45) is 2.40. The van der Waals surface area contributed by atoms with Crippen molar-refractivity contribution in [1.29, 1.82) is 0 Å². The Balaban J connectivity index is 1.73. The number of aromatic nitrogens is 2. The second-order valence-corrected chi connectivity index (χ2v) is 5.58. The van der Waals surface area contributed by atoms with Crippen LogP contribution in [0.1, 0.15) is 27.4 Å². The van der Waals surface area contributed by atoms with Crippen LogP contribution in [0.15, 0.2) is 41.1 Å². The summed E-state index contributed by atoms with van der Waals surface area (Å²) in [6, 6.07) is 9.69. The number of hydrogen-bond donors (Lipinski definition) is 0. The van der Waals surface area contributed by atoms with Crippen molar-refractivity contribution in [2.75, 3.05) is 6.54 Å². The monoisotopic (exact) mass is 293 g/mol. The number of nitrogens with zero attached hydrogens (tertiary/aromatic N) is 3. The van der Waals surface area contributed by atoms with Gasteiger partial charge < -0.3 is 9.42 Å². The van der Waals surface area contributed by atoms with E-state index < -0.39 is 0 Å². The van der Waals surface area contributed by atoms with E-state index in [1.165, 1.54) is 0 Å². The molecule has 0 radical (unpaired) electrons. The van der Waals surface area contributed by atoms with Crippen LogP contribution in [0.25, 0.3) is 10.9 Å². The molecule has 0 unspecified atom stereocenters. The quantitative estimate of drug-likeness (QED) is 0.692. The average molecular weight is 293 g/mol. The van der Waals surface area contributed by atoms with E-state index in [-0.39, 0.29) is 5.91 Å². The first kappa shape index (κ1) is 13.0. The first-order chi connectivity index (χ1) is 10.7. The molecule has 0 saturated carbocycles. The van der Waals surface area contributed by atoms with E-state index in [0.717, 1.165) is 27.9 Å². The molecule has 22 heavy (non-hydrogen) atoms.